The summed E-state index contributed by atoms with van der Waals surface area (Å²) in [6, 6.07) is 0. The van der Waals surface area contributed by atoms with Crippen LogP contribution < -0.4 is 5.73 Å². The third-order valence-corrected chi connectivity index (χ3v) is 2.70. The van der Waals surface area contributed by atoms with Gasteiger partial charge in [0, 0.05) is 25.8 Å². The highest BCUT2D eigenvalue weighted by Crippen LogP contribution is 2.05. The van der Waals surface area contributed by atoms with Crippen molar-refractivity contribution in [1.29, 1.82) is 0 Å². The topological polar surface area (TPSA) is 60.0 Å². The molecule has 0 aliphatic heterocycles. The molecule has 5 nitrogen and oxygen atoms in total. The zero-order valence-electron chi connectivity index (χ0n) is 10.6. The fourth-order valence-corrected chi connectivity index (χ4v) is 1.65. The molecule has 0 amide bonds. The fraction of sp³-hybridized carbons (Fsp3) is 0.818. The molecule has 0 aliphatic carbocycles. The van der Waals surface area contributed by atoms with Gasteiger partial charge in [0.1, 0.15) is 0 Å². The van der Waals surface area contributed by atoms with Crippen LogP contribution in [0.5, 0.6) is 0 Å². The van der Waals surface area contributed by atoms with Crippen LogP contribution in [0.15, 0.2) is 6.20 Å². The predicted octanol–water partition coefficient (Wildman–Crippen LogP) is 0.715. The van der Waals surface area contributed by atoms with Gasteiger partial charge in [-0.15, -0.1) is 5.10 Å². The van der Waals surface area contributed by atoms with Crippen molar-refractivity contribution in [3.8, 4) is 0 Å². The van der Waals surface area contributed by atoms with Crippen LogP contribution in [-0.2, 0) is 13.1 Å². The minimum Gasteiger partial charge on any atom is -0.329 e. The molecule has 0 saturated heterocycles. The second kappa shape index (κ2) is 6.60. The number of nitrogens with zero attached hydrogens (tertiary/aromatic N) is 4. The van der Waals surface area contributed by atoms with Gasteiger partial charge in [0.25, 0.3) is 0 Å². The van der Waals surface area contributed by atoms with Crippen molar-refractivity contribution in [2.24, 2.45) is 11.7 Å². The van der Waals surface area contributed by atoms with Gasteiger partial charge < -0.3 is 10.6 Å². The first kappa shape index (κ1) is 13.1. The Labute approximate surface area is 97.6 Å². The van der Waals surface area contributed by atoms with E-state index in [1.165, 1.54) is 6.42 Å². The molecule has 16 heavy (non-hydrogen) atoms. The highest BCUT2D eigenvalue weighted by Gasteiger charge is 2.07. The molecular formula is C11H23N5. The van der Waals surface area contributed by atoms with E-state index in [0.717, 1.165) is 31.2 Å². The Kier molecular flexibility index (Phi) is 5.42. The van der Waals surface area contributed by atoms with Gasteiger partial charge in [0.2, 0.25) is 0 Å². The minimum absolute atomic E-state index is 0.603. The molecule has 1 aromatic rings. The predicted molar refractivity (Wildman–Crippen MR) is 64.9 cm³/mol. The van der Waals surface area contributed by atoms with E-state index in [1.807, 2.05) is 6.20 Å². The zero-order valence-corrected chi connectivity index (χ0v) is 10.6. The number of hydrogen-bond acceptors (Lipinski definition) is 4. The fourth-order valence-electron chi connectivity index (χ4n) is 1.65. The van der Waals surface area contributed by atoms with E-state index in [-0.39, 0.29) is 0 Å². The lowest BCUT2D eigenvalue weighted by Gasteiger charge is -2.18. The zero-order chi connectivity index (χ0) is 12.0. The van der Waals surface area contributed by atoms with Crippen molar-refractivity contribution in [2.75, 3.05) is 20.1 Å². The Morgan fingerprint density at radius 2 is 2.31 bits per heavy atom. The number of nitrogens with two attached hydrogens (primary N) is 1. The van der Waals surface area contributed by atoms with Crippen molar-refractivity contribution in [3.63, 3.8) is 0 Å². The summed E-state index contributed by atoms with van der Waals surface area (Å²) in [5.41, 5.74) is 6.47. The smallest absolute Gasteiger partial charge is 0.0967 e. The molecule has 0 fully saturated rings. The average Bonchev–Trinajstić information content (AvgIpc) is 2.65. The molecule has 92 valence electrons. The van der Waals surface area contributed by atoms with E-state index >= 15 is 0 Å². The maximum absolute atomic E-state index is 5.46. The van der Waals surface area contributed by atoms with E-state index in [9.17, 15) is 0 Å². The summed E-state index contributed by atoms with van der Waals surface area (Å²) in [6.07, 6.45) is 3.18. The largest absolute Gasteiger partial charge is 0.329 e. The first-order chi connectivity index (χ1) is 7.65. The molecule has 0 radical (unpaired) electrons. The Morgan fingerprint density at radius 3 is 2.94 bits per heavy atom. The normalized spacial score (nSPS) is 13.3. The SMILES string of the molecule is CCC(C)CN(C)Cc1cn(CCN)nn1. The quantitative estimate of drug-likeness (QED) is 0.742. The Hall–Kier alpha value is -0.940. The van der Waals surface area contributed by atoms with Crippen molar-refractivity contribution >= 4 is 0 Å². The maximum Gasteiger partial charge on any atom is 0.0967 e. The molecule has 0 aromatic carbocycles. The summed E-state index contributed by atoms with van der Waals surface area (Å²) in [6.45, 7) is 7.78. The number of aromatic nitrogens is 3. The summed E-state index contributed by atoms with van der Waals surface area (Å²) in [5.74, 6) is 0.726. The third-order valence-electron chi connectivity index (χ3n) is 2.70. The van der Waals surface area contributed by atoms with Crippen LogP contribution in [0.3, 0.4) is 0 Å². The maximum atomic E-state index is 5.46. The van der Waals surface area contributed by atoms with E-state index in [4.69, 9.17) is 5.73 Å². The van der Waals surface area contributed by atoms with Gasteiger partial charge in [0.15, 0.2) is 0 Å². The highest BCUT2D eigenvalue weighted by molar-refractivity contribution is 4.91. The molecule has 0 aliphatic rings. The molecule has 2 N–H and O–H groups in total. The van der Waals surface area contributed by atoms with Crippen molar-refractivity contribution < 1.29 is 0 Å². The monoisotopic (exact) mass is 225 g/mol. The molecule has 1 unspecified atom stereocenters. The van der Waals surface area contributed by atoms with Crippen LogP contribution in [0.2, 0.25) is 0 Å². The van der Waals surface area contributed by atoms with Crippen LogP contribution >= 0.6 is 0 Å². The lowest BCUT2D eigenvalue weighted by atomic mass is 10.1. The lowest BCUT2D eigenvalue weighted by molar-refractivity contribution is 0.272. The van der Waals surface area contributed by atoms with Crippen LogP contribution in [0.25, 0.3) is 0 Å². The van der Waals surface area contributed by atoms with Crippen LogP contribution in [-0.4, -0.2) is 40.0 Å². The Morgan fingerprint density at radius 1 is 1.56 bits per heavy atom. The van der Waals surface area contributed by atoms with E-state index < -0.39 is 0 Å². The first-order valence-corrected chi connectivity index (χ1v) is 5.93. The summed E-state index contributed by atoms with van der Waals surface area (Å²) < 4.78 is 1.80. The molecule has 1 heterocycles. The molecular weight excluding hydrogens is 202 g/mol. The Bertz CT molecular complexity index is 296. The van der Waals surface area contributed by atoms with Crippen molar-refractivity contribution in [3.05, 3.63) is 11.9 Å². The average molecular weight is 225 g/mol. The summed E-state index contributed by atoms with van der Waals surface area (Å²) in [4.78, 5) is 2.28. The van der Waals surface area contributed by atoms with Gasteiger partial charge in [-0.25, -0.2) is 0 Å². The second-order valence-corrected chi connectivity index (χ2v) is 4.47. The standard InChI is InChI=1S/C11H23N5/c1-4-10(2)7-15(3)8-11-9-16(6-5-12)14-13-11/h9-10H,4-8,12H2,1-3H3. The minimum atomic E-state index is 0.603. The van der Waals surface area contributed by atoms with Gasteiger partial charge >= 0.3 is 0 Å². The van der Waals surface area contributed by atoms with Gasteiger partial charge in [0.05, 0.1) is 12.2 Å². The van der Waals surface area contributed by atoms with Crippen LogP contribution in [0.4, 0.5) is 0 Å². The van der Waals surface area contributed by atoms with Crippen LogP contribution in [0.1, 0.15) is 26.0 Å². The van der Waals surface area contributed by atoms with Gasteiger partial charge in [-0.05, 0) is 13.0 Å². The number of hydrogen-bond donors (Lipinski definition) is 1. The molecule has 5 heteroatoms. The van der Waals surface area contributed by atoms with E-state index in [2.05, 4.69) is 36.1 Å². The van der Waals surface area contributed by atoms with Crippen LogP contribution in [0, 0.1) is 5.92 Å². The molecule has 0 bridgehead atoms. The summed E-state index contributed by atoms with van der Waals surface area (Å²) in [7, 11) is 2.12. The molecule has 1 rings (SSSR count). The van der Waals surface area contributed by atoms with E-state index in [1.54, 1.807) is 4.68 Å². The third kappa shape index (κ3) is 4.28. The molecule has 1 atom stereocenters. The van der Waals surface area contributed by atoms with Gasteiger partial charge in [-0.3, -0.25) is 4.68 Å². The highest BCUT2D eigenvalue weighted by atomic mass is 15.4. The summed E-state index contributed by atoms with van der Waals surface area (Å²) in [5, 5.41) is 8.14. The summed E-state index contributed by atoms with van der Waals surface area (Å²) >= 11 is 0. The number of rotatable bonds is 7. The Balaban J connectivity index is 2.40. The van der Waals surface area contributed by atoms with Crippen molar-refractivity contribution in [2.45, 2.75) is 33.4 Å². The van der Waals surface area contributed by atoms with Gasteiger partial charge in [-0.1, -0.05) is 25.5 Å². The van der Waals surface area contributed by atoms with Gasteiger partial charge in [-0.2, -0.15) is 0 Å². The molecule has 0 spiro atoms. The first-order valence-electron chi connectivity index (χ1n) is 5.93. The molecule has 1 aromatic heterocycles. The second-order valence-electron chi connectivity index (χ2n) is 4.47. The lowest BCUT2D eigenvalue weighted by Crippen LogP contribution is -2.23. The molecule has 0 saturated carbocycles. The van der Waals surface area contributed by atoms with E-state index in [0.29, 0.717) is 6.54 Å². The van der Waals surface area contributed by atoms with Crippen molar-refractivity contribution in [1.82, 2.24) is 19.9 Å².